The zero-order chi connectivity index (χ0) is 23.5. The van der Waals surface area contributed by atoms with Gasteiger partial charge in [-0.25, -0.2) is 0 Å². The number of carbonyl (C=O) groups excluding carboxylic acids is 2. The molecule has 2 amide bonds. The standard InChI is InChI=1S/C26H32N2O5/c1-16-11-23-21(22(16)14-27-26(30)17-5-8-19(31-2)9-6-17)13-25(29)28(23)15-18-7-10-20(32-3)12-24(18)33-4/h5-10,12,16,21-23H,11,13-15H2,1-4H3,(H,27,30)/t16-,21-,22+,23+/m0/s1. The maximum absolute atomic E-state index is 12.9. The highest BCUT2D eigenvalue weighted by molar-refractivity contribution is 5.94. The SMILES string of the molecule is COc1ccc(C(=O)NC[C@H]2[C@@H]3CC(=O)N(Cc4ccc(OC)cc4OC)[C@@H]3C[C@@H]2C)cc1. The number of rotatable bonds is 8. The van der Waals surface area contributed by atoms with E-state index in [1.54, 1.807) is 45.6 Å². The van der Waals surface area contributed by atoms with Crippen LogP contribution >= 0.6 is 0 Å². The van der Waals surface area contributed by atoms with Gasteiger partial charge in [-0.3, -0.25) is 9.59 Å². The van der Waals surface area contributed by atoms with Gasteiger partial charge in [0.05, 0.1) is 21.3 Å². The summed E-state index contributed by atoms with van der Waals surface area (Å²) in [6, 6.07) is 13.0. The van der Waals surface area contributed by atoms with Gasteiger partial charge in [-0.05, 0) is 60.6 Å². The van der Waals surface area contributed by atoms with E-state index in [0.717, 1.165) is 29.2 Å². The van der Waals surface area contributed by atoms with E-state index in [4.69, 9.17) is 14.2 Å². The average molecular weight is 453 g/mol. The number of carbonyl (C=O) groups is 2. The molecule has 1 saturated heterocycles. The van der Waals surface area contributed by atoms with Gasteiger partial charge in [-0.2, -0.15) is 0 Å². The number of nitrogens with one attached hydrogen (secondary N) is 1. The Morgan fingerprint density at radius 3 is 2.39 bits per heavy atom. The van der Waals surface area contributed by atoms with Gasteiger partial charge in [-0.15, -0.1) is 0 Å². The summed E-state index contributed by atoms with van der Waals surface area (Å²) in [5, 5.41) is 3.09. The van der Waals surface area contributed by atoms with E-state index >= 15 is 0 Å². The number of benzene rings is 2. The smallest absolute Gasteiger partial charge is 0.251 e. The third-order valence-electron chi connectivity index (χ3n) is 7.20. The van der Waals surface area contributed by atoms with Crippen molar-refractivity contribution in [2.45, 2.75) is 32.4 Å². The van der Waals surface area contributed by atoms with Gasteiger partial charge in [-0.1, -0.05) is 6.92 Å². The fourth-order valence-electron chi connectivity index (χ4n) is 5.37. The lowest BCUT2D eigenvalue weighted by molar-refractivity contribution is -0.129. The fourth-order valence-corrected chi connectivity index (χ4v) is 5.37. The first kappa shape index (κ1) is 23.0. The van der Waals surface area contributed by atoms with Crippen LogP contribution < -0.4 is 19.5 Å². The predicted octanol–water partition coefficient (Wildman–Crippen LogP) is 3.52. The second kappa shape index (κ2) is 9.73. The van der Waals surface area contributed by atoms with Crippen molar-refractivity contribution < 1.29 is 23.8 Å². The van der Waals surface area contributed by atoms with Crippen LogP contribution in [0.2, 0.25) is 0 Å². The molecule has 2 aliphatic rings. The van der Waals surface area contributed by atoms with Crippen LogP contribution in [0.1, 0.15) is 35.7 Å². The molecule has 176 valence electrons. The Kier molecular flexibility index (Phi) is 6.77. The number of ether oxygens (including phenoxy) is 3. The minimum Gasteiger partial charge on any atom is -0.497 e. The van der Waals surface area contributed by atoms with Crippen molar-refractivity contribution in [3.63, 3.8) is 0 Å². The zero-order valence-corrected chi connectivity index (χ0v) is 19.7. The van der Waals surface area contributed by atoms with Crippen molar-refractivity contribution in [2.24, 2.45) is 17.8 Å². The molecule has 2 fully saturated rings. The molecule has 0 radical (unpaired) electrons. The Labute approximate surface area is 195 Å². The summed E-state index contributed by atoms with van der Waals surface area (Å²) >= 11 is 0. The molecule has 4 rings (SSSR count). The van der Waals surface area contributed by atoms with Crippen molar-refractivity contribution in [1.82, 2.24) is 10.2 Å². The summed E-state index contributed by atoms with van der Waals surface area (Å²) in [4.78, 5) is 27.6. The molecule has 0 spiro atoms. The quantitative estimate of drug-likeness (QED) is 0.663. The van der Waals surface area contributed by atoms with Gasteiger partial charge in [0.15, 0.2) is 0 Å². The van der Waals surface area contributed by atoms with Crippen molar-refractivity contribution >= 4 is 11.8 Å². The predicted molar refractivity (Wildman–Crippen MR) is 125 cm³/mol. The topological polar surface area (TPSA) is 77.1 Å². The van der Waals surface area contributed by atoms with Crippen molar-refractivity contribution in [2.75, 3.05) is 27.9 Å². The first-order chi connectivity index (χ1) is 15.9. The molecule has 0 aromatic heterocycles. The number of fused-ring (bicyclic) bond motifs is 1. The number of nitrogens with zero attached hydrogens (tertiary/aromatic N) is 1. The Hall–Kier alpha value is -3.22. The van der Waals surface area contributed by atoms with Gasteiger partial charge in [0.25, 0.3) is 5.91 Å². The summed E-state index contributed by atoms with van der Waals surface area (Å²) in [6.45, 7) is 3.31. The molecule has 0 bridgehead atoms. The molecular formula is C26H32N2O5. The third-order valence-corrected chi connectivity index (χ3v) is 7.20. The summed E-state index contributed by atoms with van der Waals surface area (Å²) in [7, 11) is 4.85. The lowest BCUT2D eigenvalue weighted by Gasteiger charge is -2.25. The van der Waals surface area contributed by atoms with E-state index in [1.807, 2.05) is 23.1 Å². The van der Waals surface area contributed by atoms with Gasteiger partial charge in [0.1, 0.15) is 17.2 Å². The Morgan fingerprint density at radius 2 is 1.73 bits per heavy atom. The van der Waals surface area contributed by atoms with Crippen LogP contribution in [-0.4, -0.2) is 50.6 Å². The highest BCUT2D eigenvalue weighted by Gasteiger charge is 2.50. The second-order valence-electron chi connectivity index (χ2n) is 8.95. The minimum absolute atomic E-state index is 0.0996. The molecule has 2 aromatic rings. The maximum atomic E-state index is 12.9. The van der Waals surface area contributed by atoms with E-state index < -0.39 is 0 Å². The molecule has 7 nitrogen and oxygen atoms in total. The van der Waals surface area contributed by atoms with Gasteiger partial charge in [0.2, 0.25) is 5.91 Å². The second-order valence-corrected chi connectivity index (χ2v) is 8.95. The van der Waals surface area contributed by atoms with Crippen molar-refractivity contribution in [3.05, 3.63) is 53.6 Å². The van der Waals surface area contributed by atoms with Gasteiger partial charge >= 0.3 is 0 Å². The minimum atomic E-state index is -0.0996. The highest BCUT2D eigenvalue weighted by atomic mass is 16.5. The zero-order valence-electron chi connectivity index (χ0n) is 19.7. The van der Waals surface area contributed by atoms with Crippen LogP contribution in [0.4, 0.5) is 0 Å². The molecule has 1 aliphatic carbocycles. The monoisotopic (exact) mass is 452 g/mol. The van der Waals surface area contributed by atoms with E-state index in [1.165, 1.54) is 0 Å². The van der Waals surface area contributed by atoms with Crippen LogP contribution in [0.15, 0.2) is 42.5 Å². The van der Waals surface area contributed by atoms with Crippen LogP contribution in [-0.2, 0) is 11.3 Å². The maximum Gasteiger partial charge on any atom is 0.251 e. The normalized spacial score (nSPS) is 23.9. The molecule has 1 saturated carbocycles. The first-order valence-corrected chi connectivity index (χ1v) is 11.4. The molecular weight excluding hydrogens is 420 g/mol. The summed E-state index contributed by atoms with van der Waals surface area (Å²) in [6.07, 6.45) is 1.47. The number of likely N-dealkylation sites (tertiary alicyclic amines) is 1. The van der Waals surface area contributed by atoms with Crippen LogP contribution in [0.25, 0.3) is 0 Å². The lowest BCUT2D eigenvalue weighted by atomic mass is 9.88. The Balaban J connectivity index is 1.42. The van der Waals surface area contributed by atoms with Gasteiger partial charge in [0, 0.05) is 42.7 Å². The number of hydrogen-bond donors (Lipinski definition) is 1. The average Bonchev–Trinajstić information content (AvgIpc) is 3.30. The molecule has 0 unspecified atom stereocenters. The van der Waals surface area contributed by atoms with Crippen molar-refractivity contribution in [3.8, 4) is 17.2 Å². The molecule has 33 heavy (non-hydrogen) atoms. The fraction of sp³-hybridized carbons (Fsp3) is 0.462. The molecule has 1 aliphatic heterocycles. The Morgan fingerprint density at radius 1 is 1.03 bits per heavy atom. The number of amides is 2. The number of hydrogen-bond acceptors (Lipinski definition) is 5. The van der Waals surface area contributed by atoms with Gasteiger partial charge < -0.3 is 24.4 Å². The highest BCUT2D eigenvalue weighted by Crippen LogP contribution is 2.46. The van der Waals surface area contributed by atoms with E-state index in [2.05, 4.69) is 12.2 Å². The summed E-state index contributed by atoms with van der Waals surface area (Å²) in [5.41, 5.74) is 1.57. The lowest BCUT2D eigenvalue weighted by Crippen LogP contribution is -2.34. The van der Waals surface area contributed by atoms with E-state index in [-0.39, 0.29) is 29.7 Å². The first-order valence-electron chi connectivity index (χ1n) is 11.4. The van der Waals surface area contributed by atoms with Crippen LogP contribution in [0, 0.1) is 17.8 Å². The molecule has 1 heterocycles. The van der Waals surface area contributed by atoms with Crippen LogP contribution in [0.5, 0.6) is 17.2 Å². The molecule has 4 atom stereocenters. The third kappa shape index (κ3) is 4.63. The molecule has 7 heteroatoms. The van der Waals surface area contributed by atoms with Crippen LogP contribution in [0.3, 0.4) is 0 Å². The molecule has 1 N–H and O–H groups in total. The van der Waals surface area contributed by atoms with Crippen molar-refractivity contribution in [1.29, 1.82) is 0 Å². The summed E-state index contributed by atoms with van der Waals surface area (Å²) in [5.74, 6) is 3.17. The summed E-state index contributed by atoms with van der Waals surface area (Å²) < 4.78 is 16.0. The number of methoxy groups -OCH3 is 3. The van der Waals surface area contributed by atoms with E-state index in [9.17, 15) is 9.59 Å². The largest absolute Gasteiger partial charge is 0.497 e. The Bertz CT molecular complexity index is 1010. The molecule has 2 aromatic carbocycles. The van der Waals surface area contributed by atoms with E-state index in [0.29, 0.717) is 31.0 Å².